The van der Waals surface area contributed by atoms with Crippen molar-refractivity contribution in [3.63, 3.8) is 0 Å². The molecular formula is C21H28ClFN2O2. The molecule has 27 heavy (non-hydrogen) atoms. The monoisotopic (exact) mass is 394 g/mol. The number of carbonyl (C=O) groups is 1. The predicted molar refractivity (Wildman–Crippen MR) is 110 cm³/mol. The number of halogens is 2. The van der Waals surface area contributed by atoms with Gasteiger partial charge in [0.2, 0.25) is 5.91 Å². The maximum Gasteiger partial charge on any atom is 0.224 e. The van der Waals surface area contributed by atoms with Gasteiger partial charge in [0, 0.05) is 12.1 Å². The summed E-state index contributed by atoms with van der Waals surface area (Å²) in [6.07, 6.45) is 4.50. The first-order valence-electron chi connectivity index (χ1n) is 9.06. The average molecular weight is 395 g/mol. The van der Waals surface area contributed by atoms with Crippen molar-refractivity contribution in [3.05, 3.63) is 59.4 Å². The van der Waals surface area contributed by atoms with Gasteiger partial charge < -0.3 is 15.8 Å². The molecule has 1 amide bonds. The molecule has 0 atom stereocenters. The number of hydrogen-bond donors (Lipinski definition) is 2. The number of nitrogens with one attached hydrogen (secondary N) is 1. The molecule has 6 heteroatoms. The number of hydrogen-bond acceptors (Lipinski definition) is 3. The molecule has 148 valence electrons. The predicted octanol–water partition coefficient (Wildman–Crippen LogP) is 4.98. The lowest BCUT2D eigenvalue weighted by Gasteiger charge is -2.12. The third-order valence-electron chi connectivity index (χ3n) is 4.12. The summed E-state index contributed by atoms with van der Waals surface area (Å²) in [6.45, 7) is 2.93. The summed E-state index contributed by atoms with van der Waals surface area (Å²) in [4.78, 5) is 12.0. The Morgan fingerprint density at radius 1 is 1.11 bits per heavy atom. The van der Waals surface area contributed by atoms with E-state index in [0.29, 0.717) is 25.3 Å². The fraction of sp³-hybridized carbons (Fsp3) is 0.381. The van der Waals surface area contributed by atoms with Crippen LogP contribution in [0.5, 0.6) is 5.75 Å². The van der Waals surface area contributed by atoms with E-state index >= 15 is 0 Å². The van der Waals surface area contributed by atoms with Gasteiger partial charge in [0.25, 0.3) is 0 Å². The number of ether oxygens (including phenoxy) is 1. The third kappa shape index (κ3) is 8.41. The summed E-state index contributed by atoms with van der Waals surface area (Å²) in [6, 6.07) is 11.9. The number of nitrogens with two attached hydrogens (primary N) is 1. The standard InChI is InChI=1S/C21H27FN2O2.ClH/c1-16-13-19(26-15-17-7-6-8-18(22)14-17)10-11-20(16)24-21(25)9-4-2-3-5-12-23;/h6-8,10-11,13-14H,2-5,9,12,15,23H2,1H3,(H,24,25);1H. The largest absolute Gasteiger partial charge is 0.489 e. The number of aryl methyl sites for hydroxylation is 1. The number of carbonyl (C=O) groups excluding carboxylic acids is 1. The van der Waals surface area contributed by atoms with E-state index in [1.165, 1.54) is 12.1 Å². The van der Waals surface area contributed by atoms with E-state index in [1.807, 2.05) is 31.2 Å². The van der Waals surface area contributed by atoms with Crippen molar-refractivity contribution in [1.29, 1.82) is 0 Å². The van der Waals surface area contributed by atoms with E-state index in [9.17, 15) is 9.18 Å². The summed E-state index contributed by atoms with van der Waals surface area (Å²) < 4.78 is 18.9. The number of amides is 1. The SMILES string of the molecule is Cc1cc(OCc2cccc(F)c2)ccc1NC(=O)CCCCCCN.Cl. The van der Waals surface area contributed by atoms with Crippen molar-refractivity contribution in [1.82, 2.24) is 0 Å². The summed E-state index contributed by atoms with van der Waals surface area (Å²) in [7, 11) is 0. The zero-order chi connectivity index (χ0) is 18.8. The fourth-order valence-corrected chi connectivity index (χ4v) is 2.66. The Hall–Kier alpha value is -2.11. The molecule has 0 aliphatic rings. The normalized spacial score (nSPS) is 10.2. The second-order valence-corrected chi connectivity index (χ2v) is 6.40. The molecule has 2 rings (SSSR count). The molecule has 0 bridgehead atoms. The fourth-order valence-electron chi connectivity index (χ4n) is 2.66. The first kappa shape index (κ1) is 22.9. The van der Waals surface area contributed by atoms with Gasteiger partial charge >= 0.3 is 0 Å². The van der Waals surface area contributed by atoms with Gasteiger partial charge in [-0.2, -0.15) is 0 Å². The minimum absolute atomic E-state index is 0. The van der Waals surface area contributed by atoms with Gasteiger partial charge in [-0.3, -0.25) is 4.79 Å². The highest BCUT2D eigenvalue weighted by Crippen LogP contribution is 2.22. The van der Waals surface area contributed by atoms with E-state index < -0.39 is 0 Å². The number of rotatable bonds is 10. The smallest absolute Gasteiger partial charge is 0.224 e. The lowest BCUT2D eigenvalue weighted by atomic mass is 10.1. The van der Waals surface area contributed by atoms with Crippen molar-refractivity contribution in [2.24, 2.45) is 5.73 Å². The van der Waals surface area contributed by atoms with Crippen LogP contribution in [0.2, 0.25) is 0 Å². The van der Waals surface area contributed by atoms with Gasteiger partial charge in [0.1, 0.15) is 18.2 Å². The molecule has 0 unspecified atom stereocenters. The highest BCUT2D eigenvalue weighted by Gasteiger charge is 2.06. The van der Waals surface area contributed by atoms with Crippen LogP contribution >= 0.6 is 12.4 Å². The Kier molecular flexibility index (Phi) is 10.5. The zero-order valence-corrected chi connectivity index (χ0v) is 16.5. The molecule has 3 N–H and O–H groups in total. The third-order valence-corrected chi connectivity index (χ3v) is 4.12. The van der Waals surface area contributed by atoms with E-state index in [1.54, 1.807) is 6.07 Å². The highest BCUT2D eigenvalue weighted by molar-refractivity contribution is 5.91. The topological polar surface area (TPSA) is 64.3 Å². The maximum atomic E-state index is 13.2. The van der Waals surface area contributed by atoms with Gasteiger partial charge in [-0.1, -0.05) is 25.0 Å². The molecule has 0 spiro atoms. The quantitative estimate of drug-likeness (QED) is 0.558. The first-order chi connectivity index (χ1) is 12.6. The van der Waals surface area contributed by atoms with Gasteiger partial charge in [0.15, 0.2) is 0 Å². The van der Waals surface area contributed by atoms with Gasteiger partial charge in [0.05, 0.1) is 0 Å². The van der Waals surface area contributed by atoms with Crippen LogP contribution in [0, 0.1) is 12.7 Å². The van der Waals surface area contributed by atoms with Gasteiger partial charge in [-0.05, 0) is 67.8 Å². The molecule has 2 aromatic rings. The van der Waals surface area contributed by atoms with Crippen LogP contribution in [0.1, 0.15) is 43.2 Å². The Bertz CT molecular complexity index is 725. The van der Waals surface area contributed by atoms with Crippen molar-refractivity contribution < 1.29 is 13.9 Å². The number of unbranched alkanes of at least 4 members (excludes halogenated alkanes) is 3. The van der Waals surface area contributed by atoms with Crippen LogP contribution in [0.25, 0.3) is 0 Å². The lowest BCUT2D eigenvalue weighted by molar-refractivity contribution is -0.116. The van der Waals surface area contributed by atoms with Crippen LogP contribution in [-0.4, -0.2) is 12.5 Å². The van der Waals surface area contributed by atoms with E-state index in [0.717, 1.165) is 42.5 Å². The molecule has 0 radical (unpaired) electrons. The summed E-state index contributed by atoms with van der Waals surface area (Å²) in [5.41, 5.74) is 7.95. The van der Waals surface area contributed by atoms with E-state index in [-0.39, 0.29) is 24.1 Å². The molecule has 0 aliphatic heterocycles. The van der Waals surface area contributed by atoms with Crippen molar-refractivity contribution >= 4 is 24.0 Å². The van der Waals surface area contributed by atoms with Crippen LogP contribution in [-0.2, 0) is 11.4 Å². The molecule has 0 saturated carbocycles. The highest BCUT2D eigenvalue weighted by atomic mass is 35.5. The van der Waals surface area contributed by atoms with Gasteiger partial charge in [-0.15, -0.1) is 12.4 Å². The van der Waals surface area contributed by atoms with Crippen molar-refractivity contribution in [2.75, 3.05) is 11.9 Å². The molecule has 2 aromatic carbocycles. The number of benzene rings is 2. The Labute approximate surface area is 166 Å². The van der Waals surface area contributed by atoms with E-state index in [2.05, 4.69) is 5.32 Å². The van der Waals surface area contributed by atoms with E-state index in [4.69, 9.17) is 10.5 Å². The Morgan fingerprint density at radius 2 is 1.89 bits per heavy atom. The molecule has 0 saturated heterocycles. The van der Waals surface area contributed by atoms with Crippen LogP contribution < -0.4 is 15.8 Å². The van der Waals surface area contributed by atoms with Crippen molar-refractivity contribution in [2.45, 2.75) is 45.6 Å². The first-order valence-corrected chi connectivity index (χ1v) is 9.06. The molecule has 0 aliphatic carbocycles. The molecule has 0 aromatic heterocycles. The summed E-state index contributed by atoms with van der Waals surface area (Å²) in [5, 5.41) is 2.94. The van der Waals surface area contributed by atoms with Gasteiger partial charge in [-0.25, -0.2) is 4.39 Å². The number of anilines is 1. The lowest BCUT2D eigenvalue weighted by Crippen LogP contribution is -2.12. The average Bonchev–Trinajstić information content (AvgIpc) is 2.62. The van der Waals surface area contributed by atoms with Crippen LogP contribution in [0.4, 0.5) is 10.1 Å². The summed E-state index contributed by atoms with van der Waals surface area (Å²) >= 11 is 0. The second-order valence-electron chi connectivity index (χ2n) is 6.40. The minimum atomic E-state index is -0.275. The zero-order valence-electron chi connectivity index (χ0n) is 15.7. The molecule has 4 nitrogen and oxygen atoms in total. The molecular weight excluding hydrogens is 367 g/mol. The van der Waals surface area contributed by atoms with Crippen LogP contribution in [0.15, 0.2) is 42.5 Å². The molecule has 0 heterocycles. The minimum Gasteiger partial charge on any atom is -0.489 e. The van der Waals surface area contributed by atoms with Crippen molar-refractivity contribution in [3.8, 4) is 5.75 Å². The second kappa shape index (κ2) is 12.3. The molecule has 0 fully saturated rings. The van der Waals surface area contributed by atoms with Crippen LogP contribution in [0.3, 0.4) is 0 Å². The maximum absolute atomic E-state index is 13.2. The Morgan fingerprint density at radius 3 is 2.59 bits per heavy atom. The Balaban J connectivity index is 0.00000364. The summed E-state index contributed by atoms with van der Waals surface area (Å²) in [5.74, 6) is 0.434.